The lowest BCUT2D eigenvalue weighted by Gasteiger charge is -2.09. The maximum Gasteiger partial charge on any atom is 0.254 e. The number of hydrogen-bond donors (Lipinski definition) is 2. The Balaban J connectivity index is 2.88. The number of rotatable bonds is 4. The Morgan fingerprint density at radius 3 is 2.71 bits per heavy atom. The maximum absolute atomic E-state index is 11.7. The molecule has 0 bridgehead atoms. The molecule has 4 nitrogen and oxygen atoms in total. The summed E-state index contributed by atoms with van der Waals surface area (Å²) in [5.74, 6) is 1.42. The van der Waals surface area contributed by atoms with E-state index in [4.69, 9.17) is 18.0 Å². The molecule has 0 heterocycles. The zero-order valence-corrected chi connectivity index (χ0v) is 9.75. The number of carbonyl (C=O) groups excluding carboxylic acids is 2. The van der Waals surface area contributed by atoms with Crippen molar-refractivity contribution < 1.29 is 9.59 Å². The molecule has 0 radical (unpaired) electrons. The lowest BCUT2D eigenvalue weighted by Crippen LogP contribution is -2.25. The van der Waals surface area contributed by atoms with Crippen LogP contribution in [0.3, 0.4) is 0 Å². The smallest absolute Gasteiger partial charge is 0.254 e. The van der Waals surface area contributed by atoms with E-state index in [0.717, 1.165) is 0 Å². The molecule has 0 spiro atoms. The third-order valence-electron chi connectivity index (χ3n) is 1.92. The van der Waals surface area contributed by atoms with E-state index in [1.54, 1.807) is 24.3 Å². The van der Waals surface area contributed by atoms with Gasteiger partial charge in [-0.15, -0.1) is 18.0 Å². The van der Waals surface area contributed by atoms with Gasteiger partial charge in [-0.2, -0.15) is 0 Å². The van der Waals surface area contributed by atoms with Gasteiger partial charge < -0.3 is 10.6 Å². The van der Waals surface area contributed by atoms with Crippen LogP contribution >= 0.6 is 11.6 Å². The molecule has 17 heavy (non-hydrogen) atoms. The molecule has 2 amide bonds. The zero-order valence-electron chi connectivity index (χ0n) is 9.00. The van der Waals surface area contributed by atoms with E-state index in [9.17, 15) is 9.59 Å². The summed E-state index contributed by atoms with van der Waals surface area (Å²) in [6.45, 7) is 0.136. The lowest BCUT2D eigenvalue weighted by molar-refractivity contribution is -0.113. The average Bonchev–Trinajstić information content (AvgIpc) is 2.36. The summed E-state index contributed by atoms with van der Waals surface area (Å²) in [6.07, 6.45) is 5.04. The normalized spacial score (nSPS) is 9.18. The number of hydrogen-bond acceptors (Lipinski definition) is 2. The number of halogens is 1. The lowest BCUT2D eigenvalue weighted by atomic mass is 10.1. The molecular formula is C12H11ClN2O2. The van der Waals surface area contributed by atoms with Crippen molar-refractivity contribution in [2.45, 2.75) is 0 Å². The summed E-state index contributed by atoms with van der Waals surface area (Å²) in [5, 5.41) is 5.06. The fraction of sp³-hybridized carbons (Fsp3) is 0.167. The summed E-state index contributed by atoms with van der Waals surface area (Å²) in [5.41, 5.74) is 0.758. The van der Waals surface area contributed by atoms with E-state index >= 15 is 0 Å². The minimum absolute atomic E-state index is 0.136. The summed E-state index contributed by atoms with van der Waals surface area (Å²) in [7, 11) is 0. The minimum atomic E-state index is -0.371. The number of amides is 2. The van der Waals surface area contributed by atoms with E-state index in [2.05, 4.69) is 16.6 Å². The van der Waals surface area contributed by atoms with Gasteiger partial charge in [-0.3, -0.25) is 9.59 Å². The molecule has 0 saturated heterocycles. The van der Waals surface area contributed by atoms with Gasteiger partial charge >= 0.3 is 0 Å². The second-order valence-electron chi connectivity index (χ2n) is 3.11. The van der Waals surface area contributed by atoms with Crippen molar-refractivity contribution in [2.24, 2.45) is 0 Å². The van der Waals surface area contributed by atoms with Crippen molar-refractivity contribution in [3.05, 3.63) is 29.8 Å². The van der Waals surface area contributed by atoms with E-state index in [1.807, 2.05) is 0 Å². The van der Waals surface area contributed by atoms with Crippen LogP contribution in [0.1, 0.15) is 10.4 Å². The standard InChI is InChI=1S/C12H11ClN2O2/c1-2-7-14-12(17)9-5-3-4-6-10(9)15-11(16)8-13/h1,3-6H,7-8H2,(H,14,17)(H,15,16). The highest BCUT2D eigenvalue weighted by molar-refractivity contribution is 6.29. The van der Waals surface area contributed by atoms with Gasteiger partial charge in [0, 0.05) is 0 Å². The summed E-state index contributed by atoms with van der Waals surface area (Å²) in [4.78, 5) is 22.9. The number of anilines is 1. The van der Waals surface area contributed by atoms with Crippen LogP contribution in [0.15, 0.2) is 24.3 Å². The van der Waals surface area contributed by atoms with E-state index in [-0.39, 0.29) is 24.2 Å². The van der Waals surface area contributed by atoms with Crippen LogP contribution in [0.4, 0.5) is 5.69 Å². The average molecular weight is 251 g/mol. The first-order valence-corrected chi connectivity index (χ1v) is 5.39. The predicted molar refractivity (Wildman–Crippen MR) is 67.0 cm³/mol. The fourth-order valence-corrected chi connectivity index (χ4v) is 1.27. The second-order valence-corrected chi connectivity index (χ2v) is 3.38. The van der Waals surface area contributed by atoms with Gasteiger partial charge in [0.1, 0.15) is 5.88 Å². The fourth-order valence-electron chi connectivity index (χ4n) is 1.20. The molecule has 0 aliphatic carbocycles. The molecule has 88 valence electrons. The third-order valence-corrected chi connectivity index (χ3v) is 2.16. The Labute approximate surface area is 104 Å². The van der Waals surface area contributed by atoms with E-state index in [0.29, 0.717) is 11.3 Å². The zero-order chi connectivity index (χ0) is 12.7. The Morgan fingerprint density at radius 2 is 2.06 bits per heavy atom. The Bertz CT molecular complexity index is 466. The molecular weight excluding hydrogens is 240 g/mol. The highest BCUT2D eigenvalue weighted by atomic mass is 35.5. The van der Waals surface area contributed by atoms with Gasteiger partial charge in [0.15, 0.2) is 0 Å². The Kier molecular flexibility index (Phi) is 5.05. The van der Waals surface area contributed by atoms with Gasteiger partial charge in [-0.25, -0.2) is 0 Å². The quantitative estimate of drug-likeness (QED) is 0.624. The Hall–Kier alpha value is -1.99. The molecule has 1 rings (SSSR count). The first-order valence-electron chi connectivity index (χ1n) is 4.85. The maximum atomic E-state index is 11.7. The first kappa shape index (κ1) is 13.1. The van der Waals surface area contributed by atoms with Crippen molar-refractivity contribution in [2.75, 3.05) is 17.7 Å². The van der Waals surface area contributed by atoms with Gasteiger partial charge in [-0.1, -0.05) is 18.1 Å². The highest BCUT2D eigenvalue weighted by Gasteiger charge is 2.11. The van der Waals surface area contributed by atoms with Crippen LogP contribution in [0.25, 0.3) is 0 Å². The molecule has 0 atom stereocenters. The number of benzene rings is 1. The number of carbonyl (C=O) groups is 2. The molecule has 2 N–H and O–H groups in total. The predicted octanol–water partition coefficient (Wildman–Crippen LogP) is 1.23. The molecule has 0 aliphatic rings. The molecule has 0 fully saturated rings. The molecule has 5 heteroatoms. The van der Waals surface area contributed by atoms with E-state index < -0.39 is 0 Å². The van der Waals surface area contributed by atoms with Crippen molar-refractivity contribution in [3.63, 3.8) is 0 Å². The van der Waals surface area contributed by atoms with Gasteiger partial charge in [0.2, 0.25) is 5.91 Å². The molecule has 0 unspecified atom stereocenters. The van der Waals surface area contributed by atoms with Crippen LogP contribution in [0.2, 0.25) is 0 Å². The highest BCUT2D eigenvalue weighted by Crippen LogP contribution is 2.14. The molecule has 0 saturated carbocycles. The summed E-state index contributed by atoms with van der Waals surface area (Å²) >= 11 is 5.38. The third kappa shape index (κ3) is 3.82. The number of nitrogens with one attached hydrogen (secondary N) is 2. The number of alkyl halides is 1. The Morgan fingerprint density at radius 1 is 1.35 bits per heavy atom. The van der Waals surface area contributed by atoms with Gasteiger partial charge in [0.05, 0.1) is 17.8 Å². The molecule has 0 aliphatic heterocycles. The van der Waals surface area contributed by atoms with Crippen LogP contribution < -0.4 is 10.6 Å². The molecule has 1 aromatic rings. The van der Waals surface area contributed by atoms with Crippen molar-refractivity contribution in [1.82, 2.24) is 5.32 Å². The topological polar surface area (TPSA) is 58.2 Å². The van der Waals surface area contributed by atoms with Crippen molar-refractivity contribution >= 4 is 29.1 Å². The van der Waals surface area contributed by atoms with Crippen molar-refractivity contribution in [3.8, 4) is 12.3 Å². The van der Waals surface area contributed by atoms with E-state index in [1.165, 1.54) is 0 Å². The first-order chi connectivity index (χ1) is 8.19. The minimum Gasteiger partial charge on any atom is -0.341 e. The van der Waals surface area contributed by atoms with Crippen LogP contribution in [-0.4, -0.2) is 24.2 Å². The molecule has 0 aromatic heterocycles. The monoisotopic (exact) mass is 250 g/mol. The molecule has 1 aromatic carbocycles. The van der Waals surface area contributed by atoms with Gasteiger partial charge in [0.25, 0.3) is 5.91 Å². The SMILES string of the molecule is C#CCNC(=O)c1ccccc1NC(=O)CCl. The van der Waals surface area contributed by atoms with Crippen LogP contribution in [0.5, 0.6) is 0 Å². The van der Waals surface area contributed by atoms with Gasteiger partial charge in [-0.05, 0) is 12.1 Å². The van der Waals surface area contributed by atoms with Crippen LogP contribution in [-0.2, 0) is 4.79 Å². The second kappa shape index (κ2) is 6.56. The largest absolute Gasteiger partial charge is 0.341 e. The summed E-state index contributed by atoms with van der Waals surface area (Å²) in [6, 6.07) is 6.62. The summed E-state index contributed by atoms with van der Waals surface area (Å²) < 4.78 is 0. The number of para-hydroxylation sites is 1. The van der Waals surface area contributed by atoms with Crippen molar-refractivity contribution in [1.29, 1.82) is 0 Å². The number of terminal acetylenes is 1. The van der Waals surface area contributed by atoms with Crippen LogP contribution in [0, 0.1) is 12.3 Å².